The van der Waals surface area contributed by atoms with Gasteiger partial charge in [0.25, 0.3) is 0 Å². The van der Waals surface area contributed by atoms with E-state index in [9.17, 15) is 9.59 Å². The van der Waals surface area contributed by atoms with Gasteiger partial charge in [-0.05, 0) is 20.8 Å². The van der Waals surface area contributed by atoms with Crippen LogP contribution in [-0.4, -0.2) is 54.0 Å². The van der Waals surface area contributed by atoms with E-state index in [-0.39, 0.29) is 25.0 Å². The van der Waals surface area contributed by atoms with Crippen molar-refractivity contribution in [2.75, 3.05) is 26.2 Å². The number of aryl methyl sites for hydroxylation is 2. The summed E-state index contributed by atoms with van der Waals surface area (Å²) >= 11 is 0. The first-order valence-electron chi connectivity index (χ1n) is 7.54. The molecule has 1 aliphatic heterocycles. The Balaban J connectivity index is 1.86. The monoisotopic (exact) mass is 322 g/mol. The van der Waals surface area contributed by atoms with Gasteiger partial charge in [-0.15, -0.1) is 0 Å². The minimum atomic E-state index is -0.357. The van der Waals surface area contributed by atoms with E-state index in [1.165, 1.54) is 4.90 Å². The van der Waals surface area contributed by atoms with E-state index >= 15 is 0 Å². The molecule has 9 heteroatoms. The maximum atomic E-state index is 11.5. The molecule has 0 saturated carbocycles. The number of amides is 3. The van der Waals surface area contributed by atoms with Gasteiger partial charge in [-0.3, -0.25) is 9.69 Å². The molecule has 0 radical (unpaired) electrons. The van der Waals surface area contributed by atoms with Crippen molar-refractivity contribution >= 4 is 17.9 Å². The van der Waals surface area contributed by atoms with Gasteiger partial charge in [-0.2, -0.15) is 0 Å². The summed E-state index contributed by atoms with van der Waals surface area (Å²) < 4.78 is 5.48. The minimum absolute atomic E-state index is 0.0653. The number of guanidine groups is 1. The highest BCUT2D eigenvalue weighted by Gasteiger charge is 2.27. The fraction of sp³-hybridized carbons (Fsp3) is 0.571. The van der Waals surface area contributed by atoms with Crippen LogP contribution in [0.5, 0.6) is 0 Å². The molecule has 0 spiro atoms. The predicted molar refractivity (Wildman–Crippen MR) is 83.9 cm³/mol. The summed E-state index contributed by atoms with van der Waals surface area (Å²) in [4.78, 5) is 32.7. The van der Waals surface area contributed by atoms with E-state index in [0.29, 0.717) is 31.5 Å². The number of hydrogen-bond acceptors (Lipinski definition) is 5. The van der Waals surface area contributed by atoms with Crippen LogP contribution >= 0.6 is 0 Å². The number of rotatable bonds is 6. The Morgan fingerprint density at radius 1 is 1.39 bits per heavy atom. The van der Waals surface area contributed by atoms with Crippen molar-refractivity contribution in [3.8, 4) is 0 Å². The molecule has 23 heavy (non-hydrogen) atoms. The topological polar surface area (TPSA) is 112 Å². The Labute approximate surface area is 134 Å². The zero-order valence-corrected chi connectivity index (χ0v) is 13.6. The van der Waals surface area contributed by atoms with E-state index in [2.05, 4.69) is 25.9 Å². The lowest BCUT2D eigenvalue weighted by atomic mass is 10.4. The van der Waals surface area contributed by atoms with Crippen molar-refractivity contribution in [1.82, 2.24) is 25.8 Å². The van der Waals surface area contributed by atoms with Crippen molar-refractivity contribution in [2.24, 2.45) is 4.99 Å². The van der Waals surface area contributed by atoms with E-state index in [4.69, 9.17) is 4.42 Å². The van der Waals surface area contributed by atoms with E-state index in [1.54, 1.807) is 0 Å². The lowest BCUT2D eigenvalue weighted by molar-refractivity contribution is -0.124. The third-order valence-electron chi connectivity index (χ3n) is 3.35. The first-order valence-corrected chi connectivity index (χ1v) is 7.54. The van der Waals surface area contributed by atoms with E-state index in [0.717, 1.165) is 11.5 Å². The molecule has 0 bridgehead atoms. The van der Waals surface area contributed by atoms with Crippen LogP contribution in [0.1, 0.15) is 24.3 Å². The van der Waals surface area contributed by atoms with Crippen LogP contribution in [0.3, 0.4) is 0 Å². The Hall–Kier alpha value is -2.58. The number of aliphatic imine (C=N–C) groups is 1. The molecule has 126 valence electrons. The Kier molecular flexibility index (Phi) is 5.56. The van der Waals surface area contributed by atoms with Crippen LogP contribution in [0.4, 0.5) is 4.79 Å². The summed E-state index contributed by atoms with van der Waals surface area (Å²) in [5, 5.41) is 8.64. The SMILES string of the molecule is CCNC(=NCc1nc(C)c(C)o1)NCCN1C(=O)CNC1=O. The van der Waals surface area contributed by atoms with Gasteiger partial charge >= 0.3 is 6.03 Å². The summed E-state index contributed by atoms with van der Waals surface area (Å²) in [7, 11) is 0. The van der Waals surface area contributed by atoms with Gasteiger partial charge in [-0.1, -0.05) is 0 Å². The second-order valence-electron chi connectivity index (χ2n) is 5.08. The van der Waals surface area contributed by atoms with Gasteiger partial charge in [0.15, 0.2) is 5.96 Å². The van der Waals surface area contributed by atoms with Gasteiger partial charge in [-0.25, -0.2) is 14.8 Å². The van der Waals surface area contributed by atoms with Gasteiger partial charge in [0.1, 0.15) is 12.3 Å². The molecule has 0 aliphatic carbocycles. The third-order valence-corrected chi connectivity index (χ3v) is 3.35. The van der Waals surface area contributed by atoms with Crippen molar-refractivity contribution in [1.29, 1.82) is 0 Å². The summed E-state index contributed by atoms with van der Waals surface area (Å²) in [5.41, 5.74) is 0.853. The lowest BCUT2D eigenvalue weighted by Gasteiger charge is -2.15. The number of oxazole rings is 1. The average Bonchev–Trinajstić information content (AvgIpc) is 3.00. The second kappa shape index (κ2) is 7.61. The Bertz CT molecular complexity index is 574. The first kappa shape index (κ1) is 16.8. The zero-order chi connectivity index (χ0) is 16.8. The number of urea groups is 1. The van der Waals surface area contributed by atoms with Crippen LogP contribution < -0.4 is 16.0 Å². The molecule has 1 fully saturated rings. The molecule has 9 nitrogen and oxygen atoms in total. The summed E-state index contributed by atoms with van der Waals surface area (Å²) in [6, 6.07) is -0.357. The molecule has 0 atom stereocenters. The number of aromatic nitrogens is 1. The first-order chi connectivity index (χ1) is 11.0. The number of hydrogen-bond donors (Lipinski definition) is 3. The molecule has 2 heterocycles. The average molecular weight is 322 g/mol. The highest BCUT2D eigenvalue weighted by Crippen LogP contribution is 2.08. The largest absolute Gasteiger partial charge is 0.444 e. The normalized spacial score (nSPS) is 15.1. The van der Waals surface area contributed by atoms with Gasteiger partial charge in [0.05, 0.1) is 12.2 Å². The highest BCUT2D eigenvalue weighted by molar-refractivity contribution is 6.01. The third kappa shape index (κ3) is 4.44. The molecule has 0 aromatic carbocycles. The summed E-state index contributed by atoms with van der Waals surface area (Å²) in [5.74, 6) is 1.69. The van der Waals surface area contributed by atoms with Crippen molar-refractivity contribution in [3.05, 3.63) is 17.3 Å². The van der Waals surface area contributed by atoms with Crippen LogP contribution in [0.25, 0.3) is 0 Å². The molecule has 1 aromatic heterocycles. The second-order valence-corrected chi connectivity index (χ2v) is 5.08. The van der Waals surface area contributed by atoms with Crippen molar-refractivity contribution in [2.45, 2.75) is 27.3 Å². The van der Waals surface area contributed by atoms with Crippen LogP contribution in [0.15, 0.2) is 9.41 Å². The standard InChI is InChI=1S/C14H22N6O3/c1-4-15-13(17-7-11-19-9(2)10(3)23-11)16-5-6-20-12(21)8-18-14(20)22/h4-8H2,1-3H3,(H,18,22)(H2,15,16,17). The molecule has 0 unspecified atom stereocenters. The zero-order valence-electron chi connectivity index (χ0n) is 13.6. The Morgan fingerprint density at radius 2 is 2.17 bits per heavy atom. The predicted octanol–water partition coefficient (Wildman–Crippen LogP) is -0.102. The number of imide groups is 1. The fourth-order valence-corrected chi connectivity index (χ4v) is 2.06. The van der Waals surface area contributed by atoms with Crippen molar-refractivity contribution < 1.29 is 14.0 Å². The Morgan fingerprint density at radius 3 is 2.74 bits per heavy atom. The fourth-order valence-electron chi connectivity index (χ4n) is 2.06. The van der Waals surface area contributed by atoms with Gasteiger partial charge in [0.2, 0.25) is 11.8 Å². The number of carbonyl (C=O) groups excluding carboxylic acids is 2. The maximum Gasteiger partial charge on any atom is 0.324 e. The molecule has 3 amide bonds. The van der Waals surface area contributed by atoms with Crippen LogP contribution in [-0.2, 0) is 11.3 Å². The lowest BCUT2D eigenvalue weighted by Crippen LogP contribution is -2.43. The maximum absolute atomic E-state index is 11.5. The number of nitrogens with one attached hydrogen (secondary N) is 3. The quantitative estimate of drug-likeness (QED) is 0.383. The molecular weight excluding hydrogens is 300 g/mol. The van der Waals surface area contributed by atoms with Crippen LogP contribution in [0, 0.1) is 13.8 Å². The molecule has 1 saturated heterocycles. The summed E-state index contributed by atoms with van der Waals surface area (Å²) in [6.45, 7) is 7.46. The molecular formula is C14H22N6O3. The molecule has 3 N–H and O–H groups in total. The summed E-state index contributed by atoms with van der Waals surface area (Å²) in [6.07, 6.45) is 0. The van der Waals surface area contributed by atoms with Gasteiger partial charge in [0, 0.05) is 19.6 Å². The van der Waals surface area contributed by atoms with Gasteiger partial charge < -0.3 is 20.4 Å². The van der Waals surface area contributed by atoms with Crippen molar-refractivity contribution in [3.63, 3.8) is 0 Å². The van der Waals surface area contributed by atoms with Crippen LogP contribution in [0.2, 0.25) is 0 Å². The van der Waals surface area contributed by atoms with E-state index < -0.39 is 0 Å². The highest BCUT2D eigenvalue weighted by atomic mass is 16.4. The molecule has 2 rings (SSSR count). The number of nitrogens with zero attached hydrogens (tertiary/aromatic N) is 3. The molecule has 1 aliphatic rings. The minimum Gasteiger partial charge on any atom is -0.444 e. The molecule has 1 aromatic rings. The van der Waals surface area contributed by atoms with E-state index in [1.807, 2.05) is 20.8 Å². The smallest absolute Gasteiger partial charge is 0.324 e. The number of carbonyl (C=O) groups is 2.